The minimum Gasteiger partial charge on any atom is -0.423 e. The van der Waals surface area contributed by atoms with Crippen molar-refractivity contribution >= 4 is 16.9 Å². The second-order valence-electron chi connectivity index (χ2n) is 5.10. The molecule has 5 nitrogen and oxygen atoms in total. The molecule has 104 valence electrons. The van der Waals surface area contributed by atoms with Crippen LogP contribution in [0.2, 0.25) is 0 Å². The largest absolute Gasteiger partial charge is 0.423 e. The molecule has 2 heterocycles. The number of fused-ring (bicyclic) bond motifs is 1. The third-order valence-corrected chi connectivity index (χ3v) is 3.61. The highest BCUT2D eigenvalue weighted by atomic mass is 16.5. The fourth-order valence-corrected chi connectivity index (χ4v) is 2.55. The summed E-state index contributed by atoms with van der Waals surface area (Å²) in [6.45, 7) is 2.81. The Morgan fingerprint density at radius 2 is 2.25 bits per heavy atom. The lowest BCUT2D eigenvalue weighted by molar-refractivity contribution is -0.658. The van der Waals surface area contributed by atoms with Gasteiger partial charge >= 0.3 is 11.6 Å². The number of ether oxygens (including phenoxy) is 1. The molecule has 1 aromatic heterocycles. The van der Waals surface area contributed by atoms with Crippen LogP contribution in [0.1, 0.15) is 18.4 Å². The molecule has 1 fully saturated rings. The average molecular weight is 274 g/mol. The summed E-state index contributed by atoms with van der Waals surface area (Å²) in [5.74, 6) is 0.174. The molecule has 1 aliphatic rings. The molecule has 1 aromatic carbocycles. The van der Waals surface area contributed by atoms with Crippen LogP contribution in [0, 0.1) is 6.92 Å². The SMILES string of the molecule is Cc1cc(=O)oc2cc(OC(=O)[C@H]3CCC[NH2+]3)ccc12. The third-order valence-electron chi connectivity index (χ3n) is 3.61. The van der Waals surface area contributed by atoms with E-state index in [1.54, 1.807) is 18.2 Å². The van der Waals surface area contributed by atoms with Crippen molar-refractivity contribution in [2.45, 2.75) is 25.8 Å². The second kappa shape index (κ2) is 5.09. The van der Waals surface area contributed by atoms with Crippen LogP contribution in [0.3, 0.4) is 0 Å². The smallest absolute Gasteiger partial charge is 0.370 e. The quantitative estimate of drug-likeness (QED) is 0.498. The fourth-order valence-electron chi connectivity index (χ4n) is 2.55. The highest BCUT2D eigenvalue weighted by Gasteiger charge is 2.28. The Morgan fingerprint density at radius 1 is 1.40 bits per heavy atom. The van der Waals surface area contributed by atoms with Crippen LogP contribution in [0.4, 0.5) is 0 Å². The molecule has 0 aliphatic carbocycles. The molecule has 1 saturated heterocycles. The first-order chi connectivity index (χ1) is 9.63. The summed E-state index contributed by atoms with van der Waals surface area (Å²) >= 11 is 0. The number of quaternary nitrogens is 1. The standard InChI is InChI=1S/C15H15NO4/c1-9-7-14(17)20-13-8-10(4-5-11(9)13)19-15(18)12-3-2-6-16-12/h4-5,7-8,12,16H,2-3,6H2,1H3/p+1/t12-/m1/s1. The molecule has 0 bridgehead atoms. The number of rotatable bonds is 2. The number of carbonyl (C=O) groups excluding carboxylic acids is 1. The van der Waals surface area contributed by atoms with Crippen LogP contribution in [-0.4, -0.2) is 18.6 Å². The molecule has 5 heteroatoms. The summed E-state index contributed by atoms with van der Waals surface area (Å²) in [6, 6.07) is 6.45. The molecule has 0 saturated carbocycles. The van der Waals surface area contributed by atoms with E-state index in [0.717, 1.165) is 30.3 Å². The lowest BCUT2D eigenvalue weighted by atomic mass is 10.1. The van der Waals surface area contributed by atoms with Crippen molar-refractivity contribution < 1.29 is 19.3 Å². The van der Waals surface area contributed by atoms with Crippen LogP contribution >= 0.6 is 0 Å². The van der Waals surface area contributed by atoms with Crippen LogP contribution in [0.5, 0.6) is 5.75 Å². The molecule has 1 atom stereocenters. The van der Waals surface area contributed by atoms with Crippen LogP contribution in [-0.2, 0) is 4.79 Å². The Labute approximate surface area is 115 Å². The maximum Gasteiger partial charge on any atom is 0.370 e. The number of benzene rings is 1. The van der Waals surface area contributed by atoms with E-state index in [1.807, 2.05) is 12.2 Å². The van der Waals surface area contributed by atoms with Crippen LogP contribution in [0.25, 0.3) is 11.0 Å². The predicted molar refractivity (Wildman–Crippen MR) is 72.7 cm³/mol. The Kier molecular flexibility index (Phi) is 3.28. The van der Waals surface area contributed by atoms with E-state index in [1.165, 1.54) is 6.07 Å². The molecule has 20 heavy (non-hydrogen) atoms. The Hall–Kier alpha value is -2.14. The summed E-state index contributed by atoms with van der Waals surface area (Å²) in [5.41, 5.74) is 0.886. The van der Waals surface area contributed by atoms with E-state index in [4.69, 9.17) is 9.15 Å². The first-order valence-electron chi connectivity index (χ1n) is 6.73. The molecule has 0 spiro atoms. The lowest BCUT2D eigenvalue weighted by Crippen LogP contribution is -2.88. The van der Waals surface area contributed by atoms with E-state index in [0.29, 0.717) is 11.3 Å². The van der Waals surface area contributed by atoms with E-state index in [-0.39, 0.29) is 12.0 Å². The van der Waals surface area contributed by atoms with Crippen LogP contribution < -0.4 is 15.7 Å². The zero-order chi connectivity index (χ0) is 14.1. The van der Waals surface area contributed by atoms with Crippen molar-refractivity contribution in [3.8, 4) is 5.75 Å². The molecule has 0 unspecified atom stereocenters. The molecule has 2 aromatic rings. The Balaban J connectivity index is 1.89. The Morgan fingerprint density at radius 3 is 3.00 bits per heavy atom. The number of nitrogens with two attached hydrogens (primary N) is 1. The van der Waals surface area contributed by atoms with Crippen molar-refractivity contribution in [2.24, 2.45) is 0 Å². The van der Waals surface area contributed by atoms with Gasteiger partial charge in [0.15, 0.2) is 6.04 Å². The van der Waals surface area contributed by atoms with Crippen molar-refractivity contribution in [3.63, 3.8) is 0 Å². The molecule has 0 amide bonds. The third kappa shape index (κ3) is 2.44. The van der Waals surface area contributed by atoms with E-state index < -0.39 is 5.63 Å². The van der Waals surface area contributed by atoms with Gasteiger partial charge in [-0.3, -0.25) is 0 Å². The van der Waals surface area contributed by atoms with Crippen molar-refractivity contribution in [3.05, 3.63) is 40.2 Å². The summed E-state index contributed by atoms with van der Waals surface area (Å²) in [5, 5.41) is 2.84. The Bertz CT molecular complexity index is 713. The molecule has 1 aliphatic heterocycles. The summed E-state index contributed by atoms with van der Waals surface area (Å²) in [6.07, 6.45) is 1.88. The number of esters is 1. The summed E-state index contributed by atoms with van der Waals surface area (Å²) in [4.78, 5) is 23.3. The van der Waals surface area contributed by atoms with Gasteiger partial charge in [0.2, 0.25) is 0 Å². The maximum atomic E-state index is 11.9. The molecular formula is C15H16NO4+. The summed E-state index contributed by atoms with van der Waals surface area (Å²) in [7, 11) is 0. The number of carbonyl (C=O) groups is 1. The molecule has 2 N–H and O–H groups in total. The van der Waals surface area contributed by atoms with E-state index in [9.17, 15) is 9.59 Å². The van der Waals surface area contributed by atoms with E-state index >= 15 is 0 Å². The monoisotopic (exact) mass is 274 g/mol. The van der Waals surface area contributed by atoms with Gasteiger partial charge in [0.1, 0.15) is 11.3 Å². The van der Waals surface area contributed by atoms with Gasteiger partial charge in [-0.25, -0.2) is 9.59 Å². The van der Waals surface area contributed by atoms with Gasteiger partial charge < -0.3 is 14.5 Å². The van der Waals surface area contributed by atoms with Crippen LogP contribution in [0.15, 0.2) is 33.5 Å². The average Bonchev–Trinajstić information content (AvgIpc) is 2.91. The predicted octanol–water partition coefficient (Wildman–Crippen LogP) is 0.733. The van der Waals surface area contributed by atoms with Gasteiger partial charge in [0.05, 0.1) is 6.54 Å². The first kappa shape index (κ1) is 12.9. The highest BCUT2D eigenvalue weighted by molar-refractivity contribution is 5.83. The van der Waals surface area contributed by atoms with Gasteiger partial charge in [0.25, 0.3) is 0 Å². The maximum absolute atomic E-state index is 11.9. The topological polar surface area (TPSA) is 73.1 Å². The van der Waals surface area contributed by atoms with Gasteiger partial charge in [0, 0.05) is 30.4 Å². The van der Waals surface area contributed by atoms with E-state index in [2.05, 4.69) is 0 Å². The van der Waals surface area contributed by atoms with Crippen molar-refractivity contribution in [1.82, 2.24) is 0 Å². The molecule has 0 radical (unpaired) electrons. The number of hydrogen-bond acceptors (Lipinski definition) is 4. The van der Waals surface area contributed by atoms with Gasteiger partial charge in [-0.15, -0.1) is 0 Å². The molecule has 3 rings (SSSR count). The second-order valence-corrected chi connectivity index (χ2v) is 5.10. The first-order valence-corrected chi connectivity index (χ1v) is 6.73. The minimum atomic E-state index is -0.400. The fraction of sp³-hybridized carbons (Fsp3) is 0.333. The lowest BCUT2D eigenvalue weighted by Gasteiger charge is -2.08. The van der Waals surface area contributed by atoms with Gasteiger partial charge in [-0.2, -0.15) is 0 Å². The summed E-state index contributed by atoms with van der Waals surface area (Å²) < 4.78 is 10.5. The molecular weight excluding hydrogens is 258 g/mol. The normalized spacial score (nSPS) is 18.4. The number of hydrogen-bond donors (Lipinski definition) is 1. The van der Waals surface area contributed by atoms with Crippen molar-refractivity contribution in [2.75, 3.05) is 6.54 Å². The highest BCUT2D eigenvalue weighted by Crippen LogP contribution is 2.22. The minimum absolute atomic E-state index is 0.116. The van der Waals surface area contributed by atoms with Crippen molar-refractivity contribution in [1.29, 1.82) is 0 Å². The number of aryl methyl sites for hydroxylation is 1. The van der Waals surface area contributed by atoms with Gasteiger partial charge in [-0.05, 0) is 24.6 Å². The zero-order valence-electron chi connectivity index (χ0n) is 11.2. The van der Waals surface area contributed by atoms with Gasteiger partial charge in [-0.1, -0.05) is 0 Å². The zero-order valence-corrected chi connectivity index (χ0v) is 11.2.